The summed E-state index contributed by atoms with van der Waals surface area (Å²) in [6.07, 6.45) is 3.83. The third-order valence-corrected chi connectivity index (χ3v) is 3.04. The molecule has 0 aromatic heterocycles. The second kappa shape index (κ2) is 5.32. The average Bonchev–Trinajstić information content (AvgIpc) is 3.10. The van der Waals surface area contributed by atoms with Gasteiger partial charge in [0.05, 0.1) is 6.61 Å². The molecular formula is C13H20N2O. The van der Waals surface area contributed by atoms with Crippen molar-refractivity contribution >= 4 is 0 Å². The molecule has 2 rings (SSSR count). The zero-order valence-corrected chi connectivity index (χ0v) is 9.78. The van der Waals surface area contributed by atoms with Gasteiger partial charge in [0.2, 0.25) is 0 Å². The van der Waals surface area contributed by atoms with Gasteiger partial charge in [-0.1, -0.05) is 25.0 Å². The van der Waals surface area contributed by atoms with Gasteiger partial charge in [0.25, 0.3) is 0 Å². The van der Waals surface area contributed by atoms with E-state index in [2.05, 4.69) is 17.6 Å². The van der Waals surface area contributed by atoms with Gasteiger partial charge < -0.3 is 4.74 Å². The Kier molecular flexibility index (Phi) is 3.80. The lowest BCUT2D eigenvalue weighted by molar-refractivity contribution is 0.339. The van der Waals surface area contributed by atoms with E-state index >= 15 is 0 Å². The van der Waals surface area contributed by atoms with Gasteiger partial charge in [-0.3, -0.25) is 11.3 Å². The number of rotatable bonds is 6. The Hall–Kier alpha value is -1.06. The minimum Gasteiger partial charge on any atom is -0.494 e. The predicted octanol–water partition coefficient (Wildman–Crippen LogP) is 2.39. The maximum absolute atomic E-state index is 5.61. The van der Waals surface area contributed by atoms with Crippen molar-refractivity contribution in [1.29, 1.82) is 0 Å². The summed E-state index contributed by atoms with van der Waals surface area (Å²) < 4.78 is 5.49. The van der Waals surface area contributed by atoms with Crippen LogP contribution in [0.3, 0.4) is 0 Å². The first kappa shape index (κ1) is 11.4. The highest BCUT2D eigenvalue weighted by Crippen LogP contribution is 2.37. The lowest BCUT2D eigenvalue weighted by Crippen LogP contribution is -2.28. The zero-order valence-electron chi connectivity index (χ0n) is 9.78. The second-order valence-corrected chi connectivity index (χ2v) is 4.40. The average molecular weight is 220 g/mol. The molecule has 3 N–H and O–H groups in total. The molecule has 0 spiro atoms. The largest absolute Gasteiger partial charge is 0.494 e. The lowest BCUT2D eigenvalue weighted by Gasteiger charge is -2.16. The van der Waals surface area contributed by atoms with Crippen molar-refractivity contribution in [2.24, 2.45) is 11.8 Å². The van der Waals surface area contributed by atoms with Crippen molar-refractivity contribution in [3.8, 4) is 5.75 Å². The molecule has 1 atom stereocenters. The normalized spacial score (nSPS) is 17.1. The highest BCUT2D eigenvalue weighted by Gasteiger charge is 2.25. The van der Waals surface area contributed by atoms with Crippen molar-refractivity contribution in [3.05, 3.63) is 29.8 Å². The number of hydrogen-bond donors (Lipinski definition) is 2. The minimum absolute atomic E-state index is 0.257. The summed E-state index contributed by atoms with van der Waals surface area (Å²) in [7, 11) is 0. The molecule has 1 unspecified atom stereocenters. The Balaban J connectivity index is 2.06. The van der Waals surface area contributed by atoms with E-state index in [1.54, 1.807) is 0 Å². The van der Waals surface area contributed by atoms with E-state index in [4.69, 9.17) is 10.6 Å². The SMILES string of the molecule is CCOc1cccc(C(CC2CC2)NN)c1. The summed E-state index contributed by atoms with van der Waals surface area (Å²) >= 11 is 0. The van der Waals surface area contributed by atoms with Crippen LogP contribution in [0.15, 0.2) is 24.3 Å². The van der Waals surface area contributed by atoms with Crippen LogP contribution in [0.1, 0.15) is 37.8 Å². The first-order valence-electron chi connectivity index (χ1n) is 6.02. The molecule has 1 aromatic rings. The number of hydrogen-bond acceptors (Lipinski definition) is 3. The third-order valence-electron chi connectivity index (χ3n) is 3.04. The summed E-state index contributed by atoms with van der Waals surface area (Å²) in [5.41, 5.74) is 4.13. The van der Waals surface area contributed by atoms with Crippen LogP contribution in [0.25, 0.3) is 0 Å². The van der Waals surface area contributed by atoms with Crippen LogP contribution in [0.2, 0.25) is 0 Å². The molecule has 1 fully saturated rings. The molecule has 16 heavy (non-hydrogen) atoms. The molecule has 1 saturated carbocycles. The Morgan fingerprint density at radius 3 is 2.94 bits per heavy atom. The summed E-state index contributed by atoms with van der Waals surface area (Å²) in [5, 5.41) is 0. The van der Waals surface area contributed by atoms with Crippen LogP contribution in [0.4, 0.5) is 0 Å². The number of nitrogens with two attached hydrogens (primary N) is 1. The van der Waals surface area contributed by atoms with Crippen LogP contribution >= 0.6 is 0 Å². The van der Waals surface area contributed by atoms with E-state index in [0.29, 0.717) is 6.61 Å². The predicted molar refractivity (Wildman–Crippen MR) is 65.0 cm³/mol. The van der Waals surface area contributed by atoms with E-state index in [1.165, 1.54) is 18.4 Å². The summed E-state index contributed by atoms with van der Waals surface area (Å²) in [6.45, 7) is 2.70. The molecule has 0 saturated heterocycles. The monoisotopic (exact) mass is 220 g/mol. The molecule has 1 aliphatic carbocycles. The van der Waals surface area contributed by atoms with Gasteiger partial charge in [-0.2, -0.15) is 0 Å². The highest BCUT2D eigenvalue weighted by atomic mass is 16.5. The highest BCUT2D eigenvalue weighted by molar-refractivity contribution is 5.30. The van der Waals surface area contributed by atoms with Gasteiger partial charge in [-0.15, -0.1) is 0 Å². The Morgan fingerprint density at radius 1 is 1.50 bits per heavy atom. The first-order chi connectivity index (χ1) is 7.83. The van der Waals surface area contributed by atoms with Gasteiger partial charge >= 0.3 is 0 Å². The lowest BCUT2D eigenvalue weighted by atomic mass is 10.0. The Morgan fingerprint density at radius 2 is 2.31 bits per heavy atom. The summed E-state index contributed by atoms with van der Waals surface area (Å²) in [5.74, 6) is 7.40. The number of nitrogens with one attached hydrogen (secondary N) is 1. The molecule has 1 aromatic carbocycles. The summed E-state index contributed by atoms with van der Waals surface area (Å²) in [6, 6.07) is 8.45. The van der Waals surface area contributed by atoms with Crippen molar-refractivity contribution in [3.63, 3.8) is 0 Å². The maximum atomic E-state index is 5.61. The quantitative estimate of drug-likeness (QED) is 0.571. The Labute approximate surface area is 97.0 Å². The van der Waals surface area contributed by atoms with Crippen LogP contribution in [0.5, 0.6) is 5.75 Å². The van der Waals surface area contributed by atoms with Crippen LogP contribution < -0.4 is 16.0 Å². The fraction of sp³-hybridized carbons (Fsp3) is 0.538. The van der Waals surface area contributed by atoms with Gasteiger partial charge in [-0.05, 0) is 37.0 Å². The standard InChI is InChI=1S/C13H20N2O/c1-2-16-12-5-3-4-11(9-12)13(15-14)8-10-6-7-10/h3-5,9-10,13,15H,2,6-8,14H2,1H3. The number of benzene rings is 1. The molecule has 0 heterocycles. The molecule has 88 valence electrons. The fourth-order valence-electron chi connectivity index (χ4n) is 1.97. The molecule has 0 aliphatic heterocycles. The van der Waals surface area contributed by atoms with Crippen molar-refractivity contribution < 1.29 is 4.74 Å². The molecule has 0 amide bonds. The van der Waals surface area contributed by atoms with Gasteiger partial charge in [0.15, 0.2) is 0 Å². The Bertz CT molecular complexity index is 336. The smallest absolute Gasteiger partial charge is 0.119 e. The molecule has 3 heteroatoms. The van der Waals surface area contributed by atoms with Gasteiger partial charge in [0, 0.05) is 6.04 Å². The van der Waals surface area contributed by atoms with Crippen LogP contribution in [0, 0.1) is 5.92 Å². The van der Waals surface area contributed by atoms with E-state index in [-0.39, 0.29) is 6.04 Å². The number of hydrazine groups is 1. The molecule has 1 aliphatic rings. The van der Waals surface area contributed by atoms with E-state index in [9.17, 15) is 0 Å². The topological polar surface area (TPSA) is 47.3 Å². The molecule has 0 bridgehead atoms. The fourth-order valence-corrected chi connectivity index (χ4v) is 1.97. The van der Waals surface area contributed by atoms with Crippen LogP contribution in [-0.4, -0.2) is 6.61 Å². The number of ether oxygens (including phenoxy) is 1. The van der Waals surface area contributed by atoms with E-state index in [1.807, 2.05) is 19.1 Å². The third kappa shape index (κ3) is 2.97. The van der Waals surface area contributed by atoms with Crippen molar-refractivity contribution in [1.82, 2.24) is 5.43 Å². The van der Waals surface area contributed by atoms with Gasteiger partial charge in [0.1, 0.15) is 5.75 Å². The van der Waals surface area contributed by atoms with Crippen molar-refractivity contribution in [2.45, 2.75) is 32.2 Å². The first-order valence-corrected chi connectivity index (χ1v) is 6.02. The molecule has 3 nitrogen and oxygen atoms in total. The second-order valence-electron chi connectivity index (χ2n) is 4.40. The van der Waals surface area contributed by atoms with Crippen molar-refractivity contribution in [2.75, 3.05) is 6.61 Å². The van der Waals surface area contributed by atoms with Crippen LogP contribution in [-0.2, 0) is 0 Å². The van der Waals surface area contributed by atoms with Gasteiger partial charge in [-0.25, -0.2) is 0 Å². The van der Waals surface area contributed by atoms with E-state index < -0.39 is 0 Å². The zero-order chi connectivity index (χ0) is 11.4. The van der Waals surface area contributed by atoms with E-state index in [0.717, 1.165) is 18.1 Å². The maximum Gasteiger partial charge on any atom is 0.119 e. The molecular weight excluding hydrogens is 200 g/mol. The summed E-state index contributed by atoms with van der Waals surface area (Å²) in [4.78, 5) is 0. The molecule has 0 radical (unpaired) electrons. The minimum atomic E-state index is 0.257.